The summed E-state index contributed by atoms with van der Waals surface area (Å²) in [5, 5.41) is 0. The van der Waals surface area contributed by atoms with E-state index in [0.29, 0.717) is 0 Å². The summed E-state index contributed by atoms with van der Waals surface area (Å²) in [6.45, 7) is -2.27. The minimum atomic E-state index is -5.19. The first kappa shape index (κ1) is 22.3. The molecule has 0 bridgehead atoms. The van der Waals surface area contributed by atoms with E-state index in [1.54, 1.807) is 0 Å². The highest BCUT2D eigenvalue weighted by Crippen LogP contribution is 2.54. The minimum Gasteiger partial charge on any atom is -0.412 e. The number of nitrogens with zero attached hydrogens (tertiary/aromatic N) is 2. The number of hydrogen-bond acceptors (Lipinski definition) is 7. The summed E-state index contributed by atoms with van der Waals surface area (Å²) in [5.74, 6) is 0. The number of aromatic nitrogens is 2. The Bertz CT molecular complexity index is 896. The Labute approximate surface area is 176 Å². The lowest BCUT2D eigenvalue weighted by Gasteiger charge is -2.50. The van der Waals surface area contributed by atoms with Gasteiger partial charge in [-0.2, -0.15) is 26.3 Å². The van der Waals surface area contributed by atoms with Crippen molar-refractivity contribution < 1.29 is 50.1 Å². The highest BCUT2D eigenvalue weighted by Gasteiger charge is 2.74. The second-order valence-electron chi connectivity index (χ2n) is 7.12. The average molecular weight is 464 g/mol. The molecule has 2 aliphatic heterocycles. The maximum absolute atomic E-state index is 13.9. The molecule has 2 aliphatic rings. The molecule has 4 heterocycles. The maximum Gasteiger partial charge on any atom is 0.510 e. The smallest absolute Gasteiger partial charge is 0.412 e. The van der Waals surface area contributed by atoms with Crippen molar-refractivity contribution in [3.8, 4) is 0 Å². The summed E-state index contributed by atoms with van der Waals surface area (Å²) in [6, 6.07) is 8.04. The Morgan fingerprint density at radius 3 is 1.47 bits per heavy atom. The summed E-state index contributed by atoms with van der Waals surface area (Å²) in [5.41, 5.74) is -6.97. The molecule has 32 heavy (non-hydrogen) atoms. The highest BCUT2D eigenvalue weighted by molar-refractivity contribution is 5.62. The summed E-state index contributed by atoms with van der Waals surface area (Å²) in [7, 11) is 0. The Hall–Kier alpha value is -2.93. The van der Waals surface area contributed by atoms with Crippen LogP contribution in [0, 0.1) is 0 Å². The molecular formula is C19H14F6N2O5. The van der Waals surface area contributed by atoms with E-state index in [9.17, 15) is 31.1 Å². The SMILES string of the molecule is O=C(OC1(C(F)(F)F)COC1c1ccccn1)OC1(C(F)(F)F)COC1c1ccccn1. The van der Waals surface area contributed by atoms with Gasteiger partial charge in [0.1, 0.15) is 13.2 Å². The first-order valence-electron chi connectivity index (χ1n) is 9.11. The third-order valence-electron chi connectivity index (χ3n) is 5.18. The van der Waals surface area contributed by atoms with Gasteiger partial charge in [-0.25, -0.2) is 4.79 Å². The molecular weight excluding hydrogens is 450 g/mol. The molecule has 7 nitrogen and oxygen atoms in total. The number of carbonyl (C=O) groups excluding carboxylic acids is 1. The van der Waals surface area contributed by atoms with Crippen LogP contribution in [0.5, 0.6) is 0 Å². The average Bonchev–Trinajstić information content (AvgIpc) is 2.68. The zero-order valence-corrected chi connectivity index (χ0v) is 15.9. The molecule has 0 aromatic carbocycles. The minimum absolute atomic E-state index is 0.215. The first-order chi connectivity index (χ1) is 15.0. The predicted molar refractivity (Wildman–Crippen MR) is 91.0 cm³/mol. The molecule has 2 aromatic heterocycles. The van der Waals surface area contributed by atoms with Crippen molar-refractivity contribution in [3.63, 3.8) is 0 Å². The number of ether oxygens (including phenoxy) is 4. The molecule has 172 valence electrons. The highest BCUT2D eigenvalue weighted by atomic mass is 19.4. The molecule has 0 radical (unpaired) electrons. The van der Waals surface area contributed by atoms with Gasteiger partial charge in [0.05, 0.1) is 11.4 Å². The van der Waals surface area contributed by atoms with E-state index in [1.807, 2.05) is 0 Å². The number of carbonyl (C=O) groups is 1. The van der Waals surface area contributed by atoms with Gasteiger partial charge in [0, 0.05) is 12.4 Å². The number of hydrogen-bond donors (Lipinski definition) is 0. The van der Waals surface area contributed by atoms with Crippen LogP contribution in [-0.2, 0) is 18.9 Å². The van der Waals surface area contributed by atoms with Gasteiger partial charge in [-0.3, -0.25) is 9.97 Å². The summed E-state index contributed by atoms with van der Waals surface area (Å²) >= 11 is 0. The van der Waals surface area contributed by atoms with E-state index < -0.39 is 55.1 Å². The van der Waals surface area contributed by atoms with Crippen LogP contribution in [0.3, 0.4) is 0 Å². The Morgan fingerprint density at radius 2 is 1.22 bits per heavy atom. The van der Waals surface area contributed by atoms with E-state index in [-0.39, 0.29) is 11.4 Å². The third kappa shape index (κ3) is 3.45. The molecule has 4 atom stereocenters. The Balaban J connectivity index is 1.60. The van der Waals surface area contributed by atoms with Crippen LogP contribution < -0.4 is 0 Å². The van der Waals surface area contributed by atoms with Gasteiger partial charge in [-0.05, 0) is 24.3 Å². The van der Waals surface area contributed by atoms with Crippen LogP contribution in [0.1, 0.15) is 23.6 Å². The molecule has 0 spiro atoms. The van der Waals surface area contributed by atoms with E-state index in [1.165, 1.54) is 48.8 Å². The van der Waals surface area contributed by atoms with Crippen LogP contribution in [-0.4, -0.2) is 52.9 Å². The van der Waals surface area contributed by atoms with Gasteiger partial charge in [-0.15, -0.1) is 0 Å². The molecule has 0 aliphatic carbocycles. The predicted octanol–water partition coefficient (Wildman–Crippen LogP) is 4.07. The standard InChI is InChI=1S/C19H14F6N2O5/c20-18(21,22)16(9-29-13(16)11-5-1-3-7-26-11)31-15(28)32-17(19(23,24)25)10-30-14(17)12-6-2-4-8-27-12/h1-8,13-14H,9-10H2. The largest absolute Gasteiger partial charge is 0.510 e. The molecule has 2 saturated heterocycles. The lowest BCUT2D eigenvalue weighted by Crippen LogP contribution is -2.67. The summed E-state index contributed by atoms with van der Waals surface area (Å²) in [6.07, 6.45) is -13.9. The van der Waals surface area contributed by atoms with Gasteiger partial charge < -0.3 is 18.9 Å². The molecule has 0 saturated carbocycles. The fourth-order valence-electron chi connectivity index (χ4n) is 3.41. The number of halogens is 6. The van der Waals surface area contributed by atoms with Crippen LogP contribution in [0.25, 0.3) is 0 Å². The maximum atomic E-state index is 13.9. The molecule has 4 unspecified atom stereocenters. The van der Waals surface area contributed by atoms with E-state index in [2.05, 4.69) is 19.4 Å². The zero-order valence-electron chi connectivity index (χ0n) is 15.9. The second kappa shape index (κ2) is 7.59. The van der Waals surface area contributed by atoms with Crippen LogP contribution in [0.4, 0.5) is 31.1 Å². The molecule has 2 aromatic rings. The van der Waals surface area contributed by atoms with Crippen molar-refractivity contribution >= 4 is 6.16 Å². The van der Waals surface area contributed by atoms with Crippen molar-refractivity contribution in [2.45, 2.75) is 35.8 Å². The van der Waals surface area contributed by atoms with Gasteiger partial charge in [0.15, 0.2) is 12.2 Å². The van der Waals surface area contributed by atoms with Gasteiger partial charge >= 0.3 is 18.5 Å². The van der Waals surface area contributed by atoms with Crippen LogP contribution >= 0.6 is 0 Å². The van der Waals surface area contributed by atoms with Crippen LogP contribution in [0.15, 0.2) is 48.8 Å². The molecule has 4 rings (SSSR count). The Morgan fingerprint density at radius 1 is 0.812 bits per heavy atom. The summed E-state index contributed by atoms with van der Waals surface area (Å²) < 4.78 is 102. The van der Waals surface area contributed by atoms with E-state index in [4.69, 9.17) is 9.47 Å². The number of alkyl halides is 6. The fraction of sp³-hybridized carbons (Fsp3) is 0.421. The lowest BCUT2D eigenvalue weighted by atomic mass is 9.87. The van der Waals surface area contributed by atoms with E-state index >= 15 is 0 Å². The van der Waals surface area contributed by atoms with Crippen molar-refractivity contribution in [1.82, 2.24) is 9.97 Å². The second-order valence-corrected chi connectivity index (χ2v) is 7.12. The Kier molecular flexibility index (Phi) is 5.28. The van der Waals surface area contributed by atoms with Crippen LogP contribution in [0.2, 0.25) is 0 Å². The third-order valence-corrected chi connectivity index (χ3v) is 5.18. The van der Waals surface area contributed by atoms with Gasteiger partial charge in [0.25, 0.3) is 11.2 Å². The molecule has 2 fully saturated rings. The van der Waals surface area contributed by atoms with Crippen molar-refractivity contribution in [1.29, 1.82) is 0 Å². The summed E-state index contributed by atoms with van der Waals surface area (Å²) in [4.78, 5) is 19.8. The molecule has 13 heteroatoms. The van der Waals surface area contributed by atoms with E-state index in [0.717, 1.165) is 0 Å². The number of pyridine rings is 2. The zero-order chi connectivity index (χ0) is 23.2. The monoisotopic (exact) mass is 464 g/mol. The fourth-order valence-corrected chi connectivity index (χ4v) is 3.41. The van der Waals surface area contributed by atoms with Crippen molar-refractivity contribution in [3.05, 3.63) is 60.2 Å². The van der Waals surface area contributed by atoms with Crippen molar-refractivity contribution in [2.24, 2.45) is 0 Å². The normalized spacial score (nSPS) is 30.1. The number of rotatable bonds is 4. The van der Waals surface area contributed by atoms with Crippen molar-refractivity contribution in [2.75, 3.05) is 13.2 Å². The molecule has 0 N–H and O–H groups in total. The topological polar surface area (TPSA) is 79.8 Å². The lowest BCUT2D eigenvalue weighted by molar-refractivity contribution is -0.393. The molecule has 0 amide bonds. The van der Waals surface area contributed by atoms with Gasteiger partial charge in [0.2, 0.25) is 0 Å². The quantitative estimate of drug-likeness (QED) is 0.499. The first-order valence-corrected chi connectivity index (χ1v) is 9.11. The van der Waals surface area contributed by atoms with Gasteiger partial charge in [-0.1, -0.05) is 12.1 Å².